The summed E-state index contributed by atoms with van der Waals surface area (Å²) in [4.78, 5) is 1.19. The third kappa shape index (κ3) is 2.93. The van der Waals surface area contributed by atoms with Gasteiger partial charge in [-0.05, 0) is 22.0 Å². The molecule has 0 radical (unpaired) electrons. The molecule has 0 aliphatic carbocycles. The van der Waals surface area contributed by atoms with Gasteiger partial charge in [0.1, 0.15) is 5.88 Å². The number of aromatic nitrogens is 2. The van der Waals surface area contributed by atoms with E-state index in [0.29, 0.717) is 18.5 Å². The van der Waals surface area contributed by atoms with E-state index in [1.54, 1.807) is 11.3 Å². The Hall–Kier alpha value is -0.590. The minimum absolute atomic E-state index is 0.235. The molecule has 0 unspecified atom stereocenters. The predicted octanol–water partition coefficient (Wildman–Crippen LogP) is 3.24. The van der Waals surface area contributed by atoms with Gasteiger partial charge in [0, 0.05) is 14.7 Å². The molecule has 0 aliphatic rings. The van der Waals surface area contributed by atoms with Crippen LogP contribution in [0.15, 0.2) is 20.3 Å². The number of rotatable bonds is 4. The SMILES string of the molecule is ClCc1nnc(NCc2cc(Br)cs2)o1. The molecule has 2 heterocycles. The monoisotopic (exact) mass is 307 g/mol. The maximum Gasteiger partial charge on any atom is 0.315 e. The van der Waals surface area contributed by atoms with Crippen LogP contribution in [0.25, 0.3) is 0 Å². The third-order valence-electron chi connectivity index (χ3n) is 1.62. The normalized spacial score (nSPS) is 10.5. The van der Waals surface area contributed by atoms with Gasteiger partial charge in [-0.1, -0.05) is 5.10 Å². The van der Waals surface area contributed by atoms with E-state index in [1.807, 2.05) is 11.4 Å². The smallest absolute Gasteiger partial charge is 0.315 e. The summed E-state index contributed by atoms with van der Waals surface area (Å²) in [6, 6.07) is 2.44. The van der Waals surface area contributed by atoms with Gasteiger partial charge in [-0.2, -0.15) is 0 Å². The van der Waals surface area contributed by atoms with Crippen LogP contribution in [-0.4, -0.2) is 10.2 Å². The highest BCUT2D eigenvalue weighted by Crippen LogP contribution is 2.20. The lowest BCUT2D eigenvalue weighted by molar-refractivity contribution is 0.525. The van der Waals surface area contributed by atoms with Gasteiger partial charge in [-0.15, -0.1) is 28.0 Å². The molecule has 2 aromatic heterocycles. The Morgan fingerprint density at radius 2 is 2.40 bits per heavy atom. The fraction of sp³-hybridized carbons (Fsp3) is 0.250. The van der Waals surface area contributed by atoms with E-state index in [9.17, 15) is 0 Å². The van der Waals surface area contributed by atoms with Crippen molar-refractivity contribution < 1.29 is 4.42 Å². The summed E-state index contributed by atoms with van der Waals surface area (Å²) in [6.07, 6.45) is 0. The summed E-state index contributed by atoms with van der Waals surface area (Å²) in [5, 5.41) is 12.6. The highest BCUT2D eigenvalue weighted by atomic mass is 79.9. The second-order valence-electron chi connectivity index (χ2n) is 2.72. The summed E-state index contributed by atoms with van der Waals surface area (Å²) in [6.45, 7) is 0.667. The standard InChI is InChI=1S/C8H7BrClN3OS/c9-5-1-6(15-4-5)3-11-8-13-12-7(2-10)14-8/h1,4H,2-3H2,(H,11,13). The number of nitrogens with zero attached hydrogens (tertiary/aromatic N) is 2. The van der Waals surface area contributed by atoms with Crippen molar-refractivity contribution in [2.75, 3.05) is 5.32 Å². The van der Waals surface area contributed by atoms with Crippen molar-refractivity contribution in [3.8, 4) is 0 Å². The molecule has 15 heavy (non-hydrogen) atoms. The highest BCUT2D eigenvalue weighted by Gasteiger charge is 2.04. The lowest BCUT2D eigenvalue weighted by atomic mass is 10.5. The average molecular weight is 309 g/mol. The van der Waals surface area contributed by atoms with Crippen LogP contribution in [0.5, 0.6) is 0 Å². The Morgan fingerprint density at radius 3 is 3.00 bits per heavy atom. The van der Waals surface area contributed by atoms with Crippen molar-refractivity contribution >= 4 is 44.9 Å². The molecule has 0 fully saturated rings. The zero-order valence-corrected chi connectivity index (χ0v) is 10.7. The van der Waals surface area contributed by atoms with E-state index in [1.165, 1.54) is 4.88 Å². The van der Waals surface area contributed by atoms with E-state index < -0.39 is 0 Å². The molecular formula is C8H7BrClN3OS. The van der Waals surface area contributed by atoms with E-state index >= 15 is 0 Å². The number of thiophene rings is 1. The van der Waals surface area contributed by atoms with Gasteiger partial charge >= 0.3 is 6.01 Å². The summed E-state index contributed by atoms with van der Waals surface area (Å²) in [5.74, 6) is 0.658. The van der Waals surface area contributed by atoms with Crippen molar-refractivity contribution in [1.82, 2.24) is 10.2 Å². The van der Waals surface area contributed by atoms with Crippen molar-refractivity contribution in [1.29, 1.82) is 0 Å². The lowest BCUT2D eigenvalue weighted by Gasteiger charge is -1.96. The Morgan fingerprint density at radius 1 is 1.53 bits per heavy atom. The second kappa shape index (κ2) is 4.96. The van der Waals surface area contributed by atoms with Crippen molar-refractivity contribution in [2.45, 2.75) is 12.4 Å². The topological polar surface area (TPSA) is 51.0 Å². The first-order valence-electron chi connectivity index (χ1n) is 4.13. The molecule has 0 atom stereocenters. The van der Waals surface area contributed by atoms with Crippen LogP contribution in [0.1, 0.15) is 10.8 Å². The molecule has 80 valence electrons. The molecule has 7 heteroatoms. The number of hydrogen-bond donors (Lipinski definition) is 1. The van der Waals surface area contributed by atoms with Gasteiger partial charge in [0.25, 0.3) is 0 Å². The quantitative estimate of drug-likeness (QED) is 0.881. The van der Waals surface area contributed by atoms with Crippen LogP contribution in [0.3, 0.4) is 0 Å². The molecule has 0 saturated heterocycles. The summed E-state index contributed by atoms with van der Waals surface area (Å²) >= 11 is 10.6. The minimum atomic E-state index is 0.235. The van der Waals surface area contributed by atoms with Crippen LogP contribution in [0.2, 0.25) is 0 Å². The van der Waals surface area contributed by atoms with Gasteiger partial charge in [-0.25, -0.2) is 0 Å². The maximum absolute atomic E-state index is 5.53. The number of nitrogens with one attached hydrogen (secondary N) is 1. The fourth-order valence-corrected chi connectivity index (χ4v) is 2.49. The molecule has 0 amide bonds. The number of halogens is 2. The zero-order valence-electron chi connectivity index (χ0n) is 7.54. The summed E-state index contributed by atoms with van der Waals surface area (Å²) in [5.41, 5.74) is 0. The lowest BCUT2D eigenvalue weighted by Crippen LogP contribution is -1.97. The van der Waals surface area contributed by atoms with E-state index in [-0.39, 0.29) is 5.88 Å². The molecule has 0 bridgehead atoms. The van der Waals surface area contributed by atoms with Gasteiger partial charge in [0.2, 0.25) is 5.89 Å². The zero-order chi connectivity index (χ0) is 10.7. The van der Waals surface area contributed by atoms with E-state index in [4.69, 9.17) is 16.0 Å². The molecule has 0 aliphatic heterocycles. The number of anilines is 1. The Kier molecular flexibility index (Phi) is 3.61. The molecule has 0 saturated carbocycles. The molecular weight excluding hydrogens is 302 g/mol. The Bertz CT molecular complexity index is 445. The highest BCUT2D eigenvalue weighted by molar-refractivity contribution is 9.10. The van der Waals surface area contributed by atoms with Gasteiger partial charge in [-0.3, -0.25) is 0 Å². The second-order valence-corrected chi connectivity index (χ2v) is 4.90. The fourth-order valence-electron chi connectivity index (χ4n) is 0.988. The molecule has 4 nitrogen and oxygen atoms in total. The van der Waals surface area contributed by atoms with Crippen molar-refractivity contribution in [3.05, 3.63) is 26.7 Å². The maximum atomic E-state index is 5.53. The largest absolute Gasteiger partial charge is 0.407 e. The number of hydrogen-bond acceptors (Lipinski definition) is 5. The molecule has 0 spiro atoms. The van der Waals surface area contributed by atoms with Crippen molar-refractivity contribution in [3.63, 3.8) is 0 Å². The van der Waals surface area contributed by atoms with Crippen molar-refractivity contribution in [2.24, 2.45) is 0 Å². The van der Waals surface area contributed by atoms with Crippen LogP contribution < -0.4 is 5.32 Å². The summed E-state index contributed by atoms with van der Waals surface area (Å²) < 4.78 is 6.27. The Labute approximate surface area is 104 Å². The average Bonchev–Trinajstić information content (AvgIpc) is 2.83. The first-order valence-corrected chi connectivity index (χ1v) is 6.34. The first kappa shape index (κ1) is 10.9. The molecule has 2 rings (SSSR count). The third-order valence-corrected chi connectivity index (χ3v) is 3.54. The van der Waals surface area contributed by atoms with Gasteiger partial charge < -0.3 is 9.73 Å². The molecule has 2 aromatic rings. The minimum Gasteiger partial charge on any atom is -0.407 e. The Balaban J connectivity index is 1.93. The molecule has 0 aromatic carbocycles. The van der Waals surface area contributed by atoms with Crippen LogP contribution in [0.4, 0.5) is 6.01 Å². The van der Waals surface area contributed by atoms with E-state index in [0.717, 1.165) is 4.47 Å². The van der Waals surface area contributed by atoms with Gasteiger partial charge in [0.15, 0.2) is 0 Å². The predicted molar refractivity (Wildman–Crippen MR) is 63.2 cm³/mol. The van der Waals surface area contributed by atoms with Crippen LogP contribution in [-0.2, 0) is 12.4 Å². The van der Waals surface area contributed by atoms with Crippen LogP contribution >= 0.6 is 38.9 Å². The number of alkyl halides is 1. The van der Waals surface area contributed by atoms with E-state index in [2.05, 4.69) is 31.4 Å². The first-order chi connectivity index (χ1) is 7.28. The summed E-state index contributed by atoms with van der Waals surface area (Å²) in [7, 11) is 0. The van der Waals surface area contributed by atoms with Crippen LogP contribution in [0, 0.1) is 0 Å². The molecule has 1 N–H and O–H groups in total. The van der Waals surface area contributed by atoms with Gasteiger partial charge in [0.05, 0.1) is 6.54 Å².